The average molecular weight is 424 g/mol. The van der Waals surface area contributed by atoms with Gasteiger partial charge >= 0.3 is 0 Å². The predicted octanol–water partition coefficient (Wildman–Crippen LogP) is 3.28. The minimum atomic E-state index is -0.501. The smallest absolute Gasteiger partial charge is 0.269 e. The van der Waals surface area contributed by atoms with E-state index in [0.717, 1.165) is 14.7 Å². The number of non-ortho nitro benzene ring substituents is 1. The molecular weight excluding hydrogens is 411 g/mol. The molecule has 0 aliphatic carbocycles. The number of nitro benzene ring substituents is 1. The molecule has 23 heavy (non-hydrogen) atoms. The Kier molecular flexibility index (Phi) is 5.69. The molecule has 1 amide bonds. The molecular formula is C16H13IN2O4. The van der Waals surface area contributed by atoms with Gasteiger partial charge in [-0.15, -0.1) is 0 Å². The molecule has 6 nitrogen and oxygen atoms in total. The van der Waals surface area contributed by atoms with Gasteiger partial charge in [-0.05, 0) is 64.1 Å². The van der Waals surface area contributed by atoms with Crippen LogP contribution in [0.2, 0.25) is 0 Å². The molecule has 2 N–H and O–H groups in total. The van der Waals surface area contributed by atoms with E-state index in [9.17, 15) is 14.9 Å². The number of hydrogen-bond acceptors (Lipinski definition) is 4. The van der Waals surface area contributed by atoms with Gasteiger partial charge in [-0.3, -0.25) is 14.9 Å². The van der Waals surface area contributed by atoms with E-state index < -0.39 is 10.8 Å². The first-order valence-corrected chi connectivity index (χ1v) is 7.67. The standard InChI is InChI=1S/C16H13IN2O4/c17-14-9-11(4-8-16(18)20)3-7-15(14)23-10-12-1-5-13(6-2-12)19(21)22/h1-9H,10H2,(H2,18,20)/b8-4+. The number of nitrogens with two attached hydrogens (primary N) is 1. The van der Waals surface area contributed by atoms with Gasteiger partial charge in [0, 0.05) is 18.2 Å². The van der Waals surface area contributed by atoms with Gasteiger partial charge in [0.05, 0.1) is 8.49 Å². The summed E-state index contributed by atoms with van der Waals surface area (Å²) in [5, 5.41) is 10.6. The third-order valence-electron chi connectivity index (χ3n) is 2.94. The van der Waals surface area contributed by atoms with Crippen molar-refractivity contribution in [3.63, 3.8) is 0 Å². The van der Waals surface area contributed by atoms with E-state index in [-0.39, 0.29) is 5.69 Å². The molecule has 118 valence electrons. The second-order valence-corrected chi connectivity index (χ2v) is 5.80. The summed E-state index contributed by atoms with van der Waals surface area (Å²) in [5.41, 5.74) is 6.79. The van der Waals surface area contributed by atoms with Crippen molar-refractivity contribution in [1.82, 2.24) is 0 Å². The molecule has 7 heteroatoms. The molecule has 0 saturated heterocycles. The summed E-state index contributed by atoms with van der Waals surface area (Å²) in [6.45, 7) is 0.310. The molecule has 0 fully saturated rings. The number of carbonyl (C=O) groups is 1. The van der Waals surface area contributed by atoms with Crippen molar-refractivity contribution in [2.45, 2.75) is 6.61 Å². The lowest BCUT2D eigenvalue weighted by Crippen LogP contribution is -2.05. The largest absolute Gasteiger partial charge is 0.488 e. The molecule has 0 radical (unpaired) electrons. The predicted molar refractivity (Wildman–Crippen MR) is 94.8 cm³/mol. The molecule has 0 saturated carbocycles. The highest BCUT2D eigenvalue weighted by molar-refractivity contribution is 14.1. The first kappa shape index (κ1) is 16.9. The van der Waals surface area contributed by atoms with E-state index in [1.807, 2.05) is 12.1 Å². The Morgan fingerprint density at radius 1 is 1.26 bits per heavy atom. The summed E-state index contributed by atoms with van der Waals surface area (Å²) in [6, 6.07) is 11.7. The number of amides is 1. The zero-order chi connectivity index (χ0) is 16.8. The van der Waals surface area contributed by atoms with Gasteiger partial charge in [0.2, 0.25) is 5.91 Å². The highest BCUT2D eigenvalue weighted by Crippen LogP contribution is 2.24. The summed E-state index contributed by atoms with van der Waals surface area (Å²) in [6.07, 6.45) is 2.92. The van der Waals surface area contributed by atoms with Gasteiger partial charge < -0.3 is 10.5 Å². The Balaban J connectivity index is 2.03. The number of rotatable bonds is 6. The normalized spacial score (nSPS) is 10.7. The van der Waals surface area contributed by atoms with Gasteiger partial charge in [-0.2, -0.15) is 0 Å². The van der Waals surface area contributed by atoms with Crippen LogP contribution in [0.4, 0.5) is 5.69 Å². The number of benzene rings is 2. The van der Waals surface area contributed by atoms with E-state index in [4.69, 9.17) is 10.5 Å². The van der Waals surface area contributed by atoms with Gasteiger partial charge in [-0.1, -0.05) is 6.07 Å². The highest BCUT2D eigenvalue weighted by atomic mass is 127. The van der Waals surface area contributed by atoms with E-state index in [1.54, 1.807) is 24.3 Å². The van der Waals surface area contributed by atoms with Crippen LogP contribution in [0.5, 0.6) is 5.75 Å². The highest BCUT2D eigenvalue weighted by Gasteiger charge is 2.06. The minimum Gasteiger partial charge on any atom is -0.488 e. The average Bonchev–Trinajstić information content (AvgIpc) is 2.52. The summed E-state index contributed by atoms with van der Waals surface area (Å²) < 4.78 is 6.60. The minimum absolute atomic E-state index is 0.0499. The van der Waals surface area contributed by atoms with Crippen molar-refractivity contribution >= 4 is 40.3 Å². The maximum absolute atomic E-state index is 10.7. The van der Waals surface area contributed by atoms with Crippen molar-refractivity contribution in [3.8, 4) is 5.75 Å². The van der Waals surface area contributed by atoms with Crippen molar-refractivity contribution in [3.05, 3.63) is 73.4 Å². The lowest BCUT2D eigenvalue weighted by atomic mass is 10.2. The van der Waals surface area contributed by atoms with Gasteiger partial charge in [0.1, 0.15) is 12.4 Å². The van der Waals surface area contributed by atoms with Gasteiger partial charge in [0.25, 0.3) is 5.69 Å². The maximum Gasteiger partial charge on any atom is 0.269 e. The number of ether oxygens (including phenoxy) is 1. The van der Waals surface area contributed by atoms with Crippen LogP contribution in [0, 0.1) is 13.7 Å². The summed E-state index contributed by atoms with van der Waals surface area (Å²) in [5.74, 6) is 0.193. The lowest BCUT2D eigenvalue weighted by Gasteiger charge is -2.09. The summed E-state index contributed by atoms with van der Waals surface area (Å²) in [7, 11) is 0. The van der Waals surface area contributed by atoms with Crippen molar-refractivity contribution < 1.29 is 14.5 Å². The fourth-order valence-corrected chi connectivity index (χ4v) is 2.49. The summed E-state index contributed by atoms with van der Waals surface area (Å²) >= 11 is 2.14. The second kappa shape index (κ2) is 7.73. The van der Waals surface area contributed by atoms with Crippen LogP contribution in [-0.2, 0) is 11.4 Å². The zero-order valence-electron chi connectivity index (χ0n) is 11.9. The molecule has 2 rings (SSSR count). The second-order valence-electron chi connectivity index (χ2n) is 4.64. The van der Waals surface area contributed by atoms with Crippen LogP contribution in [0.1, 0.15) is 11.1 Å². The number of hydrogen-bond donors (Lipinski definition) is 1. The molecule has 0 aromatic heterocycles. The van der Waals surface area contributed by atoms with Crippen LogP contribution in [0.25, 0.3) is 6.08 Å². The van der Waals surface area contributed by atoms with E-state index >= 15 is 0 Å². The fourth-order valence-electron chi connectivity index (χ4n) is 1.79. The monoisotopic (exact) mass is 424 g/mol. The third kappa shape index (κ3) is 5.06. The molecule has 0 bridgehead atoms. The Morgan fingerprint density at radius 3 is 2.52 bits per heavy atom. The van der Waals surface area contributed by atoms with E-state index in [2.05, 4.69) is 22.6 Å². The van der Waals surface area contributed by atoms with Gasteiger partial charge in [-0.25, -0.2) is 0 Å². The number of halogens is 1. The molecule has 0 atom stereocenters. The van der Waals surface area contributed by atoms with Crippen molar-refractivity contribution in [1.29, 1.82) is 0 Å². The van der Waals surface area contributed by atoms with Crippen LogP contribution >= 0.6 is 22.6 Å². The molecule has 0 aliphatic heterocycles. The third-order valence-corrected chi connectivity index (χ3v) is 3.78. The van der Waals surface area contributed by atoms with E-state index in [0.29, 0.717) is 12.4 Å². The van der Waals surface area contributed by atoms with Crippen LogP contribution < -0.4 is 10.5 Å². The zero-order valence-corrected chi connectivity index (χ0v) is 14.1. The van der Waals surface area contributed by atoms with Gasteiger partial charge in [0.15, 0.2) is 0 Å². The van der Waals surface area contributed by atoms with Crippen LogP contribution in [-0.4, -0.2) is 10.8 Å². The first-order valence-electron chi connectivity index (χ1n) is 6.59. The molecule has 0 spiro atoms. The SMILES string of the molecule is NC(=O)/C=C/c1ccc(OCc2ccc([N+](=O)[O-])cc2)c(I)c1. The van der Waals surface area contributed by atoms with Crippen molar-refractivity contribution in [2.24, 2.45) is 5.73 Å². The lowest BCUT2D eigenvalue weighted by molar-refractivity contribution is -0.384. The summed E-state index contributed by atoms with van der Waals surface area (Å²) in [4.78, 5) is 20.9. The Hall–Kier alpha value is -2.42. The Morgan fingerprint density at radius 2 is 1.96 bits per heavy atom. The fraction of sp³-hybridized carbons (Fsp3) is 0.0625. The Labute approximate surface area is 146 Å². The van der Waals surface area contributed by atoms with Crippen LogP contribution in [0.15, 0.2) is 48.5 Å². The maximum atomic E-state index is 10.7. The number of carbonyl (C=O) groups excluding carboxylic acids is 1. The van der Waals surface area contributed by atoms with E-state index in [1.165, 1.54) is 18.2 Å². The van der Waals surface area contributed by atoms with Crippen LogP contribution in [0.3, 0.4) is 0 Å². The molecule has 0 heterocycles. The number of nitro groups is 1. The molecule has 0 aliphatic rings. The Bertz CT molecular complexity index is 757. The topological polar surface area (TPSA) is 95.5 Å². The number of primary amides is 1. The molecule has 0 unspecified atom stereocenters. The molecule has 2 aromatic rings. The first-order chi connectivity index (χ1) is 11.0. The van der Waals surface area contributed by atoms with Crippen molar-refractivity contribution in [2.75, 3.05) is 0 Å². The number of nitrogens with zero attached hydrogens (tertiary/aromatic N) is 1. The quantitative estimate of drug-likeness (QED) is 0.333. The molecule has 2 aromatic carbocycles.